The fourth-order valence-electron chi connectivity index (χ4n) is 1.24. The maximum Gasteiger partial charge on any atom is 0.414 e. The number of hydrogen-bond donors (Lipinski definition) is 2. The van der Waals surface area contributed by atoms with Gasteiger partial charge in [-0.15, -0.1) is 0 Å². The number of hydrogen-bond acceptors (Lipinski definition) is 4. The van der Waals surface area contributed by atoms with Gasteiger partial charge in [-0.1, -0.05) is 0 Å². The van der Waals surface area contributed by atoms with Crippen LogP contribution in [0.15, 0.2) is 0 Å². The molecule has 0 radical (unpaired) electrons. The number of rotatable bonds is 1. The largest absolute Gasteiger partial charge is 0.480 e. The van der Waals surface area contributed by atoms with Crippen LogP contribution in [-0.2, 0) is 14.4 Å². The molecule has 0 aromatic heterocycles. The number of piperidine rings is 1. The third-order valence-electron chi connectivity index (χ3n) is 1.84. The van der Waals surface area contributed by atoms with Gasteiger partial charge in [0, 0.05) is 6.42 Å². The van der Waals surface area contributed by atoms with Gasteiger partial charge >= 0.3 is 12.1 Å². The average Bonchev–Trinajstić information content (AvgIpc) is 2.01. The molecule has 1 fully saturated rings. The number of carboxylic acid groups (broad SMARTS) is 2. The Bertz CT molecular complexity index is 322. The Morgan fingerprint density at radius 3 is 2.29 bits per heavy atom. The van der Waals surface area contributed by atoms with Crippen LogP contribution in [0.1, 0.15) is 12.8 Å². The summed E-state index contributed by atoms with van der Waals surface area (Å²) >= 11 is 0. The van der Waals surface area contributed by atoms with Gasteiger partial charge in [0.1, 0.15) is 11.8 Å². The highest BCUT2D eigenvalue weighted by Crippen LogP contribution is 2.15. The van der Waals surface area contributed by atoms with Crippen molar-refractivity contribution in [2.24, 2.45) is 0 Å². The standard InChI is InChI=1S/C7H7NO6/c9-3-1-4(6(11)12)8(7(13)14)5(10)2-3/h4H,1-2H2,(H,11,12)(H,13,14). The van der Waals surface area contributed by atoms with Gasteiger partial charge in [-0.25, -0.2) is 14.5 Å². The number of amides is 2. The summed E-state index contributed by atoms with van der Waals surface area (Å²) in [7, 11) is 0. The molecule has 1 rings (SSSR count). The van der Waals surface area contributed by atoms with Crippen molar-refractivity contribution < 1.29 is 29.4 Å². The number of carbonyl (C=O) groups excluding carboxylic acids is 2. The molecule has 0 aromatic carbocycles. The number of likely N-dealkylation sites (tertiary alicyclic amines) is 1. The van der Waals surface area contributed by atoms with Gasteiger partial charge in [0.25, 0.3) is 0 Å². The minimum atomic E-state index is -1.64. The number of Topliss-reactive ketones (excluding diaryl/α,β-unsaturated/α-hetero) is 1. The first kappa shape index (κ1) is 10.2. The first-order chi connectivity index (χ1) is 6.43. The van der Waals surface area contributed by atoms with Crippen LogP contribution in [0.4, 0.5) is 4.79 Å². The van der Waals surface area contributed by atoms with E-state index in [9.17, 15) is 19.2 Å². The van der Waals surface area contributed by atoms with Crippen molar-refractivity contribution >= 4 is 23.8 Å². The third-order valence-corrected chi connectivity index (χ3v) is 1.84. The highest BCUT2D eigenvalue weighted by atomic mass is 16.4. The van der Waals surface area contributed by atoms with Crippen molar-refractivity contribution in [3.8, 4) is 0 Å². The molecule has 1 aliphatic heterocycles. The van der Waals surface area contributed by atoms with Gasteiger partial charge in [-0.05, 0) is 0 Å². The average molecular weight is 201 g/mol. The molecule has 14 heavy (non-hydrogen) atoms. The molecule has 0 aliphatic carbocycles. The van der Waals surface area contributed by atoms with E-state index in [-0.39, 0.29) is 4.90 Å². The van der Waals surface area contributed by atoms with Crippen molar-refractivity contribution in [3.63, 3.8) is 0 Å². The van der Waals surface area contributed by atoms with Crippen LogP contribution in [0.25, 0.3) is 0 Å². The zero-order valence-corrected chi connectivity index (χ0v) is 6.97. The van der Waals surface area contributed by atoms with E-state index in [4.69, 9.17) is 10.2 Å². The number of imide groups is 1. The second-order valence-electron chi connectivity index (χ2n) is 2.82. The van der Waals surface area contributed by atoms with Crippen LogP contribution in [0.5, 0.6) is 0 Å². The summed E-state index contributed by atoms with van der Waals surface area (Å²) in [6.07, 6.45) is -2.64. The zero-order valence-electron chi connectivity index (χ0n) is 6.97. The lowest BCUT2D eigenvalue weighted by molar-refractivity contribution is -0.154. The van der Waals surface area contributed by atoms with E-state index < -0.39 is 42.6 Å². The molecular weight excluding hydrogens is 194 g/mol. The third kappa shape index (κ3) is 1.70. The maximum absolute atomic E-state index is 11.0. The van der Waals surface area contributed by atoms with Crippen LogP contribution in [0, 0.1) is 0 Å². The van der Waals surface area contributed by atoms with Crippen LogP contribution in [-0.4, -0.2) is 44.9 Å². The monoisotopic (exact) mass is 201 g/mol. The predicted octanol–water partition coefficient (Wildman–Crippen LogP) is -0.691. The molecule has 2 N–H and O–H groups in total. The van der Waals surface area contributed by atoms with Crippen molar-refractivity contribution in [2.45, 2.75) is 18.9 Å². The number of aliphatic carboxylic acids is 1. The molecule has 0 saturated carbocycles. The minimum absolute atomic E-state index is 0.184. The Balaban J connectivity index is 2.97. The summed E-state index contributed by atoms with van der Waals surface area (Å²) in [5, 5.41) is 17.1. The van der Waals surface area contributed by atoms with E-state index in [1.54, 1.807) is 0 Å². The Labute approximate surface area is 77.9 Å². The SMILES string of the molecule is O=C1CC(=O)N(C(=O)O)C(C(=O)O)C1. The molecule has 0 spiro atoms. The van der Waals surface area contributed by atoms with Crippen molar-refractivity contribution in [2.75, 3.05) is 0 Å². The van der Waals surface area contributed by atoms with Crippen LogP contribution < -0.4 is 0 Å². The normalized spacial score (nSPS) is 22.3. The number of ketones is 1. The van der Waals surface area contributed by atoms with Gasteiger partial charge in [-0.2, -0.15) is 0 Å². The summed E-state index contributed by atoms with van der Waals surface area (Å²) in [5.41, 5.74) is 0. The molecule has 76 valence electrons. The lowest BCUT2D eigenvalue weighted by Crippen LogP contribution is -2.53. The van der Waals surface area contributed by atoms with Crippen molar-refractivity contribution in [1.82, 2.24) is 4.90 Å². The first-order valence-electron chi connectivity index (χ1n) is 3.73. The summed E-state index contributed by atoms with van der Waals surface area (Å²) < 4.78 is 0. The zero-order chi connectivity index (χ0) is 10.9. The molecule has 0 aromatic rings. The second kappa shape index (κ2) is 3.44. The van der Waals surface area contributed by atoms with Gasteiger partial charge in [0.15, 0.2) is 0 Å². The van der Waals surface area contributed by atoms with E-state index >= 15 is 0 Å². The highest BCUT2D eigenvalue weighted by Gasteiger charge is 2.41. The number of carbonyl (C=O) groups is 4. The van der Waals surface area contributed by atoms with E-state index in [1.807, 2.05) is 0 Å². The molecule has 7 nitrogen and oxygen atoms in total. The van der Waals surface area contributed by atoms with Gasteiger partial charge in [0.2, 0.25) is 5.91 Å². The number of nitrogens with zero attached hydrogens (tertiary/aromatic N) is 1. The van der Waals surface area contributed by atoms with Gasteiger partial charge < -0.3 is 10.2 Å². The summed E-state index contributed by atoms with van der Waals surface area (Å²) in [6.45, 7) is 0. The quantitative estimate of drug-likeness (QED) is 0.543. The molecule has 1 unspecified atom stereocenters. The molecule has 1 saturated heterocycles. The van der Waals surface area contributed by atoms with E-state index in [1.165, 1.54) is 0 Å². The second-order valence-corrected chi connectivity index (χ2v) is 2.82. The molecule has 1 aliphatic rings. The Morgan fingerprint density at radius 2 is 1.86 bits per heavy atom. The van der Waals surface area contributed by atoms with Gasteiger partial charge in [-0.3, -0.25) is 9.59 Å². The minimum Gasteiger partial charge on any atom is -0.480 e. The van der Waals surface area contributed by atoms with Crippen molar-refractivity contribution in [3.05, 3.63) is 0 Å². The van der Waals surface area contributed by atoms with Crippen molar-refractivity contribution in [1.29, 1.82) is 0 Å². The molecule has 7 heteroatoms. The van der Waals surface area contributed by atoms with E-state index in [0.29, 0.717) is 0 Å². The van der Waals surface area contributed by atoms with Gasteiger partial charge in [0.05, 0.1) is 6.42 Å². The maximum atomic E-state index is 11.0. The summed E-state index contributed by atoms with van der Waals surface area (Å²) in [4.78, 5) is 43.1. The Kier molecular flexibility index (Phi) is 2.50. The van der Waals surface area contributed by atoms with E-state index in [2.05, 4.69) is 0 Å². The van der Waals surface area contributed by atoms with Crippen LogP contribution in [0.3, 0.4) is 0 Å². The fourth-order valence-corrected chi connectivity index (χ4v) is 1.24. The highest BCUT2D eigenvalue weighted by molar-refractivity contribution is 6.09. The first-order valence-corrected chi connectivity index (χ1v) is 3.73. The topological polar surface area (TPSA) is 112 Å². The fraction of sp³-hybridized carbons (Fsp3) is 0.429. The Morgan fingerprint density at radius 1 is 1.29 bits per heavy atom. The molecule has 1 heterocycles. The smallest absolute Gasteiger partial charge is 0.414 e. The predicted molar refractivity (Wildman–Crippen MR) is 40.5 cm³/mol. The molecule has 0 bridgehead atoms. The van der Waals surface area contributed by atoms with E-state index in [0.717, 1.165) is 0 Å². The molecular formula is C7H7NO6. The van der Waals surface area contributed by atoms with Crippen LogP contribution >= 0.6 is 0 Å². The summed E-state index contributed by atoms with van der Waals surface area (Å²) in [6, 6.07) is -1.58. The molecule has 1 atom stereocenters. The lowest BCUT2D eigenvalue weighted by atomic mass is 10.0. The summed E-state index contributed by atoms with van der Waals surface area (Å²) in [5.74, 6) is -3.03. The Hall–Kier alpha value is -1.92. The van der Waals surface area contributed by atoms with Crippen LogP contribution in [0.2, 0.25) is 0 Å². The number of carboxylic acids is 1. The molecule has 2 amide bonds. The lowest BCUT2D eigenvalue weighted by Gasteiger charge is -2.27.